The first-order chi connectivity index (χ1) is 7.65. The summed E-state index contributed by atoms with van der Waals surface area (Å²) in [6.07, 6.45) is 1.34. The van der Waals surface area contributed by atoms with Crippen LogP contribution in [-0.4, -0.2) is 5.11 Å². The first kappa shape index (κ1) is 10.9. The fraction of sp³-hybridized carbons (Fsp3) is 0.308. The van der Waals surface area contributed by atoms with E-state index in [4.69, 9.17) is 9.52 Å². The average Bonchev–Trinajstić information content (AvgIpc) is 2.29. The van der Waals surface area contributed by atoms with Gasteiger partial charge < -0.3 is 9.52 Å². The maximum atomic E-state index is 11.9. The largest absolute Gasteiger partial charge is 0.463 e. The summed E-state index contributed by atoms with van der Waals surface area (Å²) in [5.41, 5.74) is 1.79. The molecule has 0 atom stereocenters. The van der Waals surface area contributed by atoms with Gasteiger partial charge in [0.2, 0.25) is 0 Å². The maximum absolute atomic E-state index is 11.9. The van der Waals surface area contributed by atoms with E-state index >= 15 is 0 Å². The van der Waals surface area contributed by atoms with Crippen molar-refractivity contribution in [3.8, 4) is 0 Å². The van der Waals surface area contributed by atoms with Gasteiger partial charge in [-0.1, -0.05) is 26.0 Å². The summed E-state index contributed by atoms with van der Waals surface area (Å²) >= 11 is 0. The van der Waals surface area contributed by atoms with E-state index in [2.05, 4.69) is 13.8 Å². The lowest BCUT2D eigenvalue weighted by Crippen LogP contribution is -2.09. The Kier molecular flexibility index (Phi) is 2.79. The highest BCUT2D eigenvalue weighted by Gasteiger charge is 2.11. The van der Waals surface area contributed by atoms with Crippen LogP contribution in [0.1, 0.15) is 30.9 Å². The quantitative estimate of drug-likeness (QED) is 0.842. The van der Waals surface area contributed by atoms with Gasteiger partial charge in [0, 0.05) is 0 Å². The number of benzene rings is 1. The van der Waals surface area contributed by atoms with Crippen LogP contribution in [0, 0.1) is 0 Å². The minimum absolute atomic E-state index is 0.147. The van der Waals surface area contributed by atoms with E-state index in [1.54, 1.807) is 6.07 Å². The number of rotatable bonds is 2. The zero-order valence-electron chi connectivity index (χ0n) is 9.36. The van der Waals surface area contributed by atoms with Gasteiger partial charge in [-0.15, -0.1) is 0 Å². The maximum Gasteiger partial charge on any atom is 0.198 e. The molecule has 1 aromatic carbocycles. The van der Waals surface area contributed by atoms with Crippen molar-refractivity contribution in [2.75, 3.05) is 0 Å². The number of para-hydroxylation sites is 1. The van der Waals surface area contributed by atoms with Gasteiger partial charge in [0.25, 0.3) is 0 Å². The predicted molar refractivity (Wildman–Crippen MR) is 62.5 cm³/mol. The third-order valence-corrected chi connectivity index (χ3v) is 2.69. The zero-order chi connectivity index (χ0) is 11.7. The third-order valence-electron chi connectivity index (χ3n) is 2.69. The molecule has 2 aromatic rings. The molecule has 0 aliphatic rings. The van der Waals surface area contributed by atoms with Crippen molar-refractivity contribution in [1.82, 2.24) is 0 Å². The van der Waals surface area contributed by atoms with E-state index in [1.165, 1.54) is 6.26 Å². The summed E-state index contributed by atoms with van der Waals surface area (Å²) in [4.78, 5) is 11.9. The van der Waals surface area contributed by atoms with Crippen LogP contribution >= 0.6 is 0 Å². The Morgan fingerprint density at radius 3 is 2.75 bits per heavy atom. The molecule has 0 fully saturated rings. The van der Waals surface area contributed by atoms with Crippen LogP contribution in [0.4, 0.5) is 0 Å². The van der Waals surface area contributed by atoms with Gasteiger partial charge in [0.05, 0.1) is 17.6 Å². The molecule has 0 saturated carbocycles. The summed E-state index contributed by atoms with van der Waals surface area (Å²) in [5.74, 6) is 0.298. The van der Waals surface area contributed by atoms with E-state index in [0.29, 0.717) is 22.5 Å². The highest BCUT2D eigenvalue weighted by molar-refractivity contribution is 5.80. The third kappa shape index (κ3) is 1.63. The molecule has 0 unspecified atom stereocenters. The Balaban J connectivity index is 2.83. The number of fused-ring (bicyclic) bond motifs is 1. The van der Waals surface area contributed by atoms with E-state index in [1.807, 2.05) is 12.1 Å². The van der Waals surface area contributed by atoms with E-state index in [0.717, 1.165) is 5.56 Å². The molecule has 0 aliphatic carbocycles. The van der Waals surface area contributed by atoms with Crippen LogP contribution in [0.25, 0.3) is 11.0 Å². The number of hydrogen-bond acceptors (Lipinski definition) is 3. The number of aliphatic hydroxyl groups excluding tert-OH is 1. The van der Waals surface area contributed by atoms with Crippen LogP contribution < -0.4 is 5.43 Å². The molecule has 3 heteroatoms. The molecule has 1 N–H and O–H groups in total. The smallest absolute Gasteiger partial charge is 0.198 e. The van der Waals surface area contributed by atoms with Crippen LogP contribution in [0.2, 0.25) is 0 Å². The topological polar surface area (TPSA) is 50.4 Å². The summed E-state index contributed by atoms with van der Waals surface area (Å²) in [6, 6.07) is 5.52. The van der Waals surface area contributed by atoms with Gasteiger partial charge in [-0.05, 0) is 17.5 Å². The minimum atomic E-state index is -0.288. The standard InChI is InChI=1S/C13H14O3/c1-8(2)10-4-3-5-11-12(15)9(6-14)7-16-13(10)11/h3-5,7-8,14H,6H2,1-2H3. The molecule has 84 valence electrons. The van der Waals surface area contributed by atoms with Crippen molar-refractivity contribution in [2.45, 2.75) is 26.4 Å². The fourth-order valence-corrected chi connectivity index (χ4v) is 1.79. The molecule has 16 heavy (non-hydrogen) atoms. The second-order valence-electron chi connectivity index (χ2n) is 4.13. The molecule has 0 amide bonds. The molecule has 0 bridgehead atoms. The molecular weight excluding hydrogens is 204 g/mol. The minimum Gasteiger partial charge on any atom is -0.463 e. The van der Waals surface area contributed by atoms with Crippen molar-refractivity contribution in [3.05, 3.63) is 45.8 Å². The molecule has 1 heterocycles. The summed E-state index contributed by atoms with van der Waals surface area (Å²) in [6.45, 7) is 3.81. The molecule has 0 spiro atoms. The van der Waals surface area contributed by atoms with E-state index < -0.39 is 0 Å². The second kappa shape index (κ2) is 4.10. The van der Waals surface area contributed by atoms with Crippen LogP contribution in [0.15, 0.2) is 33.7 Å². The Hall–Kier alpha value is -1.61. The van der Waals surface area contributed by atoms with E-state index in [-0.39, 0.29) is 12.0 Å². The molecular formula is C13H14O3. The van der Waals surface area contributed by atoms with Crippen molar-refractivity contribution in [3.63, 3.8) is 0 Å². The molecule has 0 aliphatic heterocycles. The van der Waals surface area contributed by atoms with Gasteiger partial charge in [-0.2, -0.15) is 0 Å². The van der Waals surface area contributed by atoms with E-state index in [9.17, 15) is 4.79 Å². The Morgan fingerprint density at radius 2 is 2.12 bits per heavy atom. The summed E-state index contributed by atoms with van der Waals surface area (Å²) in [7, 11) is 0. The normalized spacial score (nSPS) is 11.2. The number of hydrogen-bond donors (Lipinski definition) is 1. The van der Waals surface area contributed by atoms with Crippen molar-refractivity contribution in [2.24, 2.45) is 0 Å². The molecule has 0 radical (unpaired) electrons. The highest BCUT2D eigenvalue weighted by atomic mass is 16.3. The monoisotopic (exact) mass is 218 g/mol. The Bertz CT molecular complexity index is 567. The lowest BCUT2D eigenvalue weighted by Gasteiger charge is -2.08. The van der Waals surface area contributed by atoms with Crippen molar-refractivity contribution >= 4 is 11.0 Å². The van der Waals surface area contributed by atoms with Crippen molar-refractivity contribution < 1.29 is 9.52 Å². The van der Waals surface area contributed by atoms with Gasteiger partial charge in [-0.25, -0.2) is 0 Å². The fourth-order valence-electron chi connectivity index (χ4n) is 1.79. The van der Waals surface area contributed by atoms with Crippen LogP contribution in [0.3, 0.4) is 0 Å². The Morgan fingerprint density at radius 1 is 1.38 bits per heavy atom. The lowest BCUT2D eigenvalue weighted by atomic mass is 10.00. The highest BCUT2D eigenvalue weighted by Crippen LogP contribution is 2.23. The Labute approximate surface area is 93.3 Å². The first-order valence-electron chi connectivity index (χ1n) is 5.29. The molecule has 3 nitrogen and oxygen atoms in total. The van der Waals surface area contributed by atoms with Crippen LogP contribution in [0.5, 0.6) is 0 Å². The first-order valence-corrected chi connectivity index (χ1v) is 5.29. The second-order valence-corrected chi connectivity index (χ2v) is 4.13. The SMILES string of the molecule is CC(C)c1cccc2c(=O)c(CO)coc12. The van der Waals surface area contributed by atoms with Gasteiger partial charge in [0.1, 0.15) is 11.8 Å². The van der Waals surface area contributed by atoms with Crippen LogP contribution in [-0.2, 0) is 6.61 Å². The predicted octanol–water partition coefficient (Wildman–Crippen LogP) is 2.41. The van der Waals surface area contributed by atoms with Gasteiger partial charge in [0.15, 0.2) is 5.43 Å². The average molecular weight is 218 g/mol. The molecule has 0 saturated heterocycles. The zero-order valence-corrected chi connectivity index (χ0v) is 9.36. The number of aliphatic hydroxyl groups is 1. The summed E-state index contributed by atoms with van der Waals surface area (Å²) in [5, 5.41) is 9.54. The van der Waals surface area contributed by atoms with Gasteiger partial charge in [-0.3, -0.25) is 4.79 Å². The molecule has 1 aromatic heterocycles. The van der Waals surface area contributed by atoms with Gasteiger partial charge >= 0.3 is 0 Å². The van der Waals surface area contributed by atoms with Crippen molar-refractivity contribution in [1.29, 1.82) is 0 Å². The summed E-state index contributed by atoms with van der Waals surface area (Å²) < 4.78 is 5.45. The molecule has 2 rings (SSSR count). The lowest BCUT2D eigenvalue weighted by molar-refractivity contribution is 0.277.